The van der Waals surface area contributed by atoms with Gasteiger partial charge in [-0.05, 0) is 42.9 Å². The van der Waals surface area contributed by atoms with Crippen molar-refractivity contribution in [2.45, 2.75) is 45.6 Å². The van der Waals surface area contributed by atoms with E-state index < -0.39 is 0 Å². The molecule has 1 aliphatic rings. The lowest BCUT2D eigenvalue weighted by Gasteiger charge is -2.34. The summed E-state index contributed by atoms with van der Waals surface area (Å²) in [7, 11) is 0. The molecule has 1 aliphatic carbocycles. The SMILES string of the molecule is CC(C)C1CCCCC1Nc1nc2cc(N)ccc2o1. The minimum absolute atomic E-state index is 0.467. The van der Waals surface area contributed by atoms with Crippen LogP contribution in [0, 0.1) is 11.8 Å². The lowest BCUT2D eigenvalue weighted by atomic mass is 9.78. The van der Waals surface area contributed by atoms with E-state index in [4.69, 9.17) is 10.2 Å². The van der Waals surface area contributed by atoms with Crippen LogP contribution in [0.2, 0.25) is 0 Å². The normalized spacial score (nSPS) is 23.4. The van der Waals surface area contributed by atoms with Crippen molar-refractivity contribution in [3.8, 4) is 0 Å². The van der Waals surface area contributed by atoms with E-state index in [1.165, 1.54) is 25.7 Å². The summed E-state index contributed by atoms with van der Waals surface area (Å²) in [5, 5.41) is 3.50. The molecule has 2 aromatic rings. The van der Waals surface area contributed by atoms with E-state index in [1.54, 1.807) is 0 Å². The van der Waals surface area contributed by atoms with Crippen LogP contribution in [0.3, 0.4) is 0 Å². The Morgan fingerprint density at radius 1 is 1.30 bits per heavy atom. The van der Waals surface area contributed by atoms with Gasteiger partial charge in [0.05, 0.1) is 0 Å². The summed E-state index contributed by atoms with van der Waals surface area (Å²) in [6.45, 7) is 4.61. The number of nitrogens with one attached hydrogen (secondary N) is 1. The highest BCUT2D eigenvalue weighted by atomic mass is 16.4. The first-order chi connectivity index (χ1) is 9.63. The highest BCUT2D eigenvalue weighted by molar-refractivity contribution is 5.78. The van der Waals surface area contributed by atoms with Crippen LogP contribution in [0.1, 0.15) is 39.5 Å². The molecule has 2 atom stereocenters. The van der Waals surface area contributed by atoms with Gasteiger partial charge in [0.1, 0.15) is 5.52 Å². The quantitative estimate of drug-likeness (QED) is 0.828. The van der Waals surface area contributed by atoms with Crippen molar-refractivity contribution in [2.24, 2.45) is 11.8 Å². The number of hydrogen-bond acceptors (Lipinski definition) is 4. The minimum Gasteiger partial charge on any atom is -0.424 e. The van der Waals surface area contributed by atoms with Crippen molar-refractivity contribution < 1.29 is 4.42 Å². The molecule has 1 aromatic carbocycles. The van der Waals surface area contributed by atoms with Gasteiger partial charge in [0.25, 0.3) is 6.01 Å². The molecule has 0 saturated heterocycles. The van der Waals surface area contributed by atoms with Crippen LogP contribution in [0.25, 0.3) is 11.1 Å². The van der Waals surface area contributed by atoms with E-state index in [0.717, 1.165) is 16.8 Å². The number of aromatic nitrogens is 1. The van der Waals surface area contributed by atoms with Crippen LogP contribution in [-0.4, -0.2) is 11.0 Å². The van der Waals surface area contributed by atoms with Gasteiger partial charge in [-0.2, -0.15) is 4.98 Å². The molecule has 20 heavy (non-hydrogen) atoms. The number of anilines is 2. The Morgan fingerprint density at radius 2 is 2.10 bits per heavy atom. The van der Waals surface area contributed by atoms with Crippen LogP contribution in [0.5, 0.6) is 0 Å². The second kappa shape index (κ2) is 5.35. The summed E-state index contributed by atoms with van der Waals surface area (Å²) in [5.41, 5.74) is 8.11. The Hall–Kier alpha value is -1.71. The van der Waals surface area contributed by atoms with Crippen LogP contribution in [-0.2, 0) is 0 Å². The molecule has 3 N–H and O–H groups in total. The van der Waals surface area contributed by atoms with Crippen LogP contribution in [0.15, 0.2) is 22.6 Å². The molecule has 108 valence electrons. The zero-order valence-corrected chi connectivity index (χ0v) is 12.2. The fraction of sp³-hybridized carbons (Fsp3) is 0.562. The van der Waals surface area contributed by atoms with Gasteiger partial charge in [0.2, 0.25) is 0 Å². The molecule has 0 radical (unpaired) electrons. The smallest absolute Gasteiger partial charge is 0.295 e. The Morgan fingerprint density at radius 3 is 2.90 bits per heavy atom. The summed E-state index contributed by atoms with van der Waals surface area (Å²) < 4.78 is 5.78. The third-order valence-electron chi connectivity index (χ3n) is 4.40. The molecule has 3 rings (SSSR count). The zero-order valence-electron chi connectivity index (χ0n) is 12.2. The molecule has 4 nitrogen and oxygen atoms in total. The molecular formula is C16H23N3O. The Balaban J connectivity index is 1.80. The van der Waals surface area contributed by atoms with E-state index in [1.807, 2.05) is 18.2 Å². The maximum absolute atomic E-state index is 5.78. The van der Waals surface area contributed by atoms with Gasteiger partial charge in [-0.3, -0.25) is 0 Å². The van der Waals surface area contributed by atoms with Crippen LogP contribution in [0.4, 0.5) is 11.7 Å². The van der Waals surface area contributed by atoms with Crippen molar-refractivity contribution >= 4 is 22.8 Å². The maximum atomic E-state index is 5.78. The highest BCUT2D eigenvalue weighted by Crippen LogP contribution is 2.32. The summed E-state index contributed by atoms with van der Waals surface area (Å²) in [5.74, 6) is 1.39. The lowest BCUT2D eigenvalue weighted by molar-refractivity contribution is 0.251. The van der Waals surface area contributed by atoms with Gasteiger partial charge in [-0.15, -0.1) is 0 Å². The Labute approximate surface area is 119 Å². The Bertz CT molecular complexity index is 590. The summed E-state index contributed by atoms with van der Waals surface area (Å²) in [6.07, 6.45) is 5.12. The second-order valence-corrected chi connectivity index (χ2v) is 6.19. The predicted octanol–water partition coefficient (Wildman–Crippen LogP) is 4.04. The van der Waals surface area contributed by atoms with E-state index in [0.29, 0.717) is 23.9 Å². The number of nitrogens with zero attached hydrogens (tertiary/aromatic N) is 1. The molecule has 0 bridgehead atoms. The number of benzene rings is 1. The molecule has 0 aliphatic heterocycles. The molecule has 0 amide bonds. The first-order valence-electron chi connectivity index (χ1n) is 7.56. The fourth-order valence-corrected chi connectivity index (χ4v) is 3.30. The van der Waals surface area contributed by atoms with Crippen molar-refractivity contribution in [1.29, 1.82) is 0 Å². The average molecular weight is 273 g/mol. The highest BCUT2D eigenvalue weighted by Gasteiger charge is 2.28. The molecule has 4 heteroatoms. The fourth-order valence-electron chi connectivity index (χ4n) is 3.30. The van der Waals surface area contributed by atoms with Gasteiger partial charge in [0.15, 0.2) is 5.58 Å². The number of hydrogen-bond donors (Lipinski definition) is 2. The number of nitrogens with two attached hydrogens (primary N) is 1. The van der Waals surface area contributed by atoms with Crippen molar-refractivity contribution in [2.75, 3.05) is 11.1 Å². The topological polar surface area (TPSA) is 64.1 Å². The van der Waals surface area contributed by atoms with Crippen molar-refractivity contribution in [1.82, 2.24) is 4.98 Å². The molecule has 1 heterocycles. The van der Waals surface area contributed by atoms with Gasteiger partial charge in [0, 0.05) is 11.7 Å². The van der Waals surface area contributed by atoms with Crippen LogP contribution >= 0.6 is 0 Å². The van der Waals surface area contributed by atoms with Crippen molar-refractivity contribution in [3.05, 3.63) is 18.2 Å². The largest absolute Gasteiger partial charge is 0.424 e. The van der Waals surface area contributed by atoms with E-state index in [-0.39, 0.29) is 0 Å². The first kappa shape index (κ1) is 13.3. The zero-order chi connectivity index (χ0) is 14.1. The Kier molecular flexibility index (Phi) is 3.55. The number of oxazole rings is 1. The molecule has 0 spiro atoms. The minimum atomic E-state index is 0.467. The summed E-state index contributed by atoms with van der Waals surface area (Å²) in [6, 6.07) is 6.67. The van der Waals surface area contributed by atoms with Gasteiger partial charge in [-0.25, -0.2) is 0 Å². The molecule has 1 saturated carbocycles. The van der Waals surface area contributed by atoms with E-state index in [2.05, 4.69) is 24.1 Å². The predicted molar refractivity (Wildman–Crippen MR) is 82.6 cm³/mol. The third-order valence-corrected chi connectivity index (χ3v) is 4.40. The third kappa shape index (κ3) is 2.60. The number of nitrogen functional groups attached to an aromatic ring is 1. The monoisotopic (exact) mass is 273 g/mol. The lowest BCUT2D eigenvalue weighted by Crippen LogP contribution is -2.35. The average Bonchev–Trinajstić information content (AvgIpc) is 2.80. The first-order valence-corrected chi connectivity index (χ1v) is 7.56. The standard InChI is InChI=1S/C16H23N3O/c1-10(2)12-5-3-4-6-13(12)18-16-19-14-9-11(17)7-8-15(14)20-16/h7-10,12-13H,3-6,17H2,1-2H3,(H,18,19). The van der Waals surface area contributed by atoms with E-state index in [9.17, 15) is 0 Å². The van der Waals surface area contributed by atoms with Gasteiger partial charge in [-0.1, -0.05) is 26.7 Å². The maximum Gasteiger partial charge on any atom is 0.295 e. The molecule has 1 fully saturated rings. The van der Waals surface area contributed by atoms with E-state index >= 15 is 0 Å². The summed E-state index contributed by atoms with van der Waals surface area (Å²) in [4.78, 5) is 4.50. The molecule has 1 aromatic heterocycles. The molecule has 2 unspecified atom stereocenters. The van der Waals surface area contributed by atoms with Gasteiger partial charge >= 0.3 is 0 Å². The van der Waals surface area contributed by atoms with Crippen molar-refractivity contribution in [3.63, 3.8) is 0 Å². The number of rotatable bonds is 3. The van der Waals surface area contributed by atoms with Gasteiger partial charge < -0.3 is 15.5 Å². The number of fused-ring (bicyclic) bond motifs is 1. The molecular weight excluding hydrogens is 250 g/mol. The second-order valence-electron chi connectivity index (χ2n) is 6.19. The van der Waals surface area contributed by atoms with Crippen LogP contribution < -0.4 is 11.1 Å². The summed E-state index contributed by atoms with van der Waals surface area (Å²) >= 11 is 0.